The van der Waals surface area contributed by atoms with Gasteiger partial charge in [-0.25, -0.2) is 4.39 Å². The van der Waals surface area contributed by atoms with Gasteiger partial charge >= 0.3 is 5.97 Å². The molecule has 0 aliphatic carbocycles. The van der Waals surface area contributed by atoms with Gasteiger partial charge in [0.1, 0.15) is 11.9 Å². The van der Waals surface area contributed by atoms with Gasteiger partial charge in [0.2, 0.25) is 0 Å². The highest BCUT2D eigenvalue weighted by molar-refractivity contribution is 5.75. The number of rotatable bonds is 3. The lowest BCUT2D eigenvalue weighted by atomic mass is 10.0. The van der Waals surface area contributed by atoms with E-state index in [0.717, 1.165) is 5.56 Å². The zero-order chi connectivity index (χ0) is 11.4. The predicted molar refractivity (Wildman–Crippen MR) is 54.8 cm³/mol. The Morgan fingerprint density at radius 2 is 2.27 bits per heavy atom. The Balaban J connectivity index is 2.85. The van der Waals surface area contributed by atoms with Crippen LogP contribution in [0.25, 0.3) is 0 Å². The maximum absolute atomic E-state index is 13.4. The monoisotopic (exact) mass is 211 g/mol. The van der Waals surface area contributed by atoms with E-state index in [1.807, 2.05) is 0 Å². The predicted octanol–water partition coefficient (Wildman–Crippen LogP) is 1.18. The fourth-order valence-corrected chi connectivity index (χ4v) is 1.38. The molecule has 1 atom stereocenters. The van der Waals surface area contributed by atoms with Crippen molar-refractivity contribution in [3.8, 4) is 0 Å². The molecule has 0 aromatic heterocycles. The Bertz CT molecular complexity index is 345. The molecule has 4 heteroatoms. The molecule has 1 unspecified atom stereocenters. The van der Waals surface area contributed by atoms with Crippen molar-refractivity contribution in [3.63, 3.8) is 0 Å². The van der Waals surface area contributed by atoms with Gasteiger partial charge in [-0.05, 0) is 24.1 Å². The Labute approximate surface area is 88.0 Å². The van der Waals surface area contributed by atoms with Crippen molar-refractivity contribution < 1.29 is 13.9 Å². The van der Waals surface area contributed by atoms with E-state index in [4.69, 9.17) is 5.73 Å². The third-order valence-electron chi connectivity index (χ3n) is 2.28. The van der Waals surface area contributed by atoms with Crippen LogP contribution in [0.5, 0.6) is 0 Å². The van der Waals surface area contributed by atoms with E-state index in [1.165, 1.54) is 13.2 Å². The van der Waals surface area contributed by atoms with Crippen LogP contribution in [0.2, 0.25) is 0 Å². The Hall–Kier alpha value is -1.42. The number of ether oxygens (including phenoxy) is 1. The average molecular weight is 211 g/mol. The third kappa shape index (κ3) is 2.76. The van der Waals surface area contributed by atoms with Gasteiger partial charge < -0.3 is 10.5 Å². The molecule has 0 fully saturated rings. The van der Waals surface area contributed by atoms with Crippen molar-refractivity contribution >= 4 is 5.97 Å². The summed E-state index contributed by atoms with van der Waals surface area (Å²) >= 11 is 0. The summed E-state index contributed by atoms with van der Waals surface area (Å²) < 4.78 is 17.8. The smallest absolute Gasteiger partial charge is 0.322 e. The molecule has 1 rings (SSSR count). The lowest BCUT2D eigenvalue weighted by Crippen LogP contribution is -2.34. The zero-order valence-electron chi connectivity index (χ0n) is 8.79. The number of benzene rings is 1. The maximum atomic E-state index is 13.4. The first kappa shape index (κ1) is 11.7. The van der Waals surface area contributed by atoms with Crippen LogP contribution in [-0.2, 0) is 16.0 Å². The summed E-state index contributed by atoms with van der Waals surface area (Å²) in [5.74, 6) is -0.869. The number of carbonyl (C=O) groups is 1. The fraction of sp³-hybridized carbons (Fsp3) is 0.364. The van der Waals surface area contributed by atoms with Gasteiger partial charge in [0.05, 0.1) is 7.11 Å². The minimum atomic E-state index is -0.814. The van der Waals surface area contributed by atoms with Crippen molar-refractivity contribution in [1.29, 1.82) is 0 Å². The summed E-state index contributed by atoms with van der Waals surface area (Å²) in [7, 11) is 1.26. The minimum Gasteiger partial charge on any atom is -0.468 e. The average Bonchev–Trinajstić information content (AvgIpc) is 2.22. The van der Waals surface area contributed by atoms with Crippen molar-refractivity contribution in [2.75, 3.05) is 7.11 Å². The Morgan fingerprint density at radius 3 is 2.80 bits per heavy atom. The molecule has 82 valence electrons. The molecule has 0 radical (unpaired) electrons. The molecule has 0 aliphatic rings. The van der Waals surface area contributed by atoms with Crippen LogP contribution in [-0.4, -0.2) is 19.1 Å². The molecule has 0 bridgehead atoms. The normalized spacial score (nSPS) is 12.3. The molecule has 0 saturated carbocycles. The SMILES string of the molecule is COC(=O)C(N)Cc1c(C)cccc1F. The van der Waals surface area contributed by atoms with E-state index in [-0.39, 0.29) is 12.2 Å². The first-order valence-electron chi connectivity index (χ1n) is 4.63. The molecule has 0 saturated heterocycles. The van der Waals surface area contributed by atoms with E-state index in [9.17, 15) is 9.18 Å². The number of halogens is 1. The second-order valence-corrected chi connectivity index (χ2v) is 3.37. The van der Waals surface area contributed by atoms with Crippen molar-refractivity contribution in [2.45, 2.75) is 19.4 Å². The van der Waals surface area contributed by atoms with Crippen LogP contribution in [0.1, 0.15) is 11.1 Å². The summed E-state index contributed by atoms with van der Waals surface area (Å²) in [6.45, 7) is 1.78. The van der Waals surface area contributed by atoms with Crippen LogP contribution in [0, 0.1) is 12.7 Å². The zero-order valence-corrected chi connectivity index (χ0v) is 8.79. The summed E-state index contributed by atoms with van der Waals surface area (Å²) in [6, 6.07) is 3.94. The van der Waals surface area contributed by atoms with Gasteiger partial charge in [-0.1, -0.05) is 12.1 Å². The molecular weight excluding hydrogens is 197 g/mol. The van der Waals surface area contributed by atoms with Gasteiger partial charge in [0.25, 0.3) is 0 Å². The first-order valence-corrected chi connectivity index (χ1v) is 4.63. The Kier molecular flexibility index (Phi) is 3.80. The fourth-order valence-electron chi connectivity index (χ4n) is 1.38. The highest BCUT2D eigenvalue weighted by atomic mass is 19.1. The van der Waals surface area contributed by atoms with Crippen LogP contribution in [0.4, 0.5) is 4.39 Å². The highest BCUT2D eigenvalue weighted by Gasteiger charge is 2.17. The van der Waals surface area contributed by atoms with Gasteiger partial charge in [-0.2, -0.15) is 0 Å². The summed E-state index contributed by atoms with van der Waals surface area (Å²) in [4.78, 5) is 11.1. The lowest BCUT2D eigenvalue weighted by molar-refractivity contribution is -0.142. The van der Waals surface area contributed by atoms with Crippen LogP contribution >= 0.6 is 0 Å². The van der Waals surface area contributed by atoms with Crippen LogP contribution in [0.3, 0.4) is 0 Å². The topological polar surface area (TPSA) is 52.3 Å². The van der Waals surface area contributed by atoms with Gasteiger partial charge in [0.15, 0.2) is 0 Å². The maximum Gasteiger partial charge on any atom is 0.322 e. The van der Waals surface area contributed by atoms with E-state index in [0.29, 0.717) is 5.56 Å². The third-order valence-corrected chi connectivity index (χ3v) is 2.28. The van der Waals surface area contributed by atoms with Crippen LogP contribution in [0.15, 0.2) is 18.2 Å². The number of aryl methyl sites for hydroxylation is 1. The lowest BCUT2D eigenvalue weighted by Gasteiger charge is -2.11. The van der Waals surface area contributed by atoms with Gasteiger partial charge in [-0.3, -0.25) is 4.79 Å². The van der Waals surface area contributed by atoms with E-state index in [1.54, 1.807) is 19.1 Å². The number of esters is 1. The summed E-state index contributed by atoms with van der Waals surface area (Å²) in [5, 5.41) is 0. The molecule has 15 heavy (non-hydrogen) atoms. The van der Waals surface area contributed by atoms with E-state index < -0.39 is 12.0 Å². The molecule has 2 N–H and O–H groups in total. The molecule has 1 aromatic carbocycles. The molecule has 0 amide bonds. The molecule has 0 aliphatic heterocycles. The number of hydrogen-bond donors (Lipinski definition) is 1. The second kappa shape index (κ2) is 4.89. The van der Waals surface area contributed by atoms with Crippen molar-refractivity contribution in [1.82, 2.24) is 0 Å². The number of hydrogen-bond acceptors (Lipinski definition) is 3. The number of carbonyl (C=O) groups excluding carboxylic acids is 1. The van der Waals surface area contributed by atoms with Crippen molar-refractivity contribution in [3.05, 3.63) is 35.1 Å². The number of nitrogens with two attached hydrogens (primary N) is 1. The molecule has 0 spiro atoms. The van der Waals surface area contributed by atoms with Crippen molar-refractivity contribution in [2.24, 2.45) is 5.73 Å². The molecular formula is C11H14FNO2. The molecule has 1 aromatic rings. The van der Waals surface area contributed by atoms with Gasteiger partial charge in [0, 0.05) is 6.42 Å². The first-order chi connectivity index (χ1) is 7.06. The number of methoxy groups -OCH3 is 1. The molecule has 3 nitrogen and oxygen atoms in total. The highest BCUT2D eigenvalue weighted by Crippen LogP contribution is 2.14. The minimum absolute atomic E-state index is 0.158. The second-order valence-electron chi connectivity index (χ2n) is 3.37. The summed E-state index contributed by atoms with van der Waals surface area (Å²) in [5.41, 5.74) is 6.81. The van der Waals surface area contributed by atoms with Gasteiger partial charge in [-0.15, -0.1) is 0 Å². The van der Waals surface area contributed by atoms with Crippen LogP contribution < -0.4 is 5.73 Å². The standard InChI is InChI=1S/C11H14FNO2/c1-7-4-3-5-9(12)8(7)6-10(13)11(14)15-2/h3-5,10H,6,13H2,1-2H3. The largest absolute Gasteiger partial charge is 0.468 e. The Morgan fingerprint density at radius 1 is 1.60 bits per heavy atom. The molecule has 0 heterocycles. The summed E-state index contributed by atoms with van der Waals surface area (Å²) in [6.07, 6.45) is 0.158. The quantitative estimate of drug-likeness (QED) is 0.764. The van der Waals surface area contributed by atoms with E-state index >= 15 is 0 Å². The van der Waals surface area contributed by atoms with E-state index in [2.05, 4.69) is 4.74 Å².